The SMILES string of the molecule is CC1(C(=O)NCCCCCCC(=O)O)CCCS1. The van der Waals surface area contributed by atoms with Gasteiger partial charge < -0.3 is 10.4 Å². The molecule has 1 unspecified atom stereocenters. The average molecular weight is 273 g/mol. The number of unbranched alkanes of at least 4 members (excludes halogenated alkanes) is 3. The first-order valence-electron chi connectivity index (χ1n) is 6.69. The molecule has 1 aliphatic heterocycles. The van der Waals surface area contributed by atoms with Gasteiger partial charge in [-0.05, 0) is 38.4 Å². The van der Waals surface area contributed by atoms with Crippen molar-refractivity contribution in [3.63, 3.8) is 0 Å². The molecule has 0 aromatic carbocycles. The molecule has 1 fully saturated rings. The Bertz CT molecular complexity index is 288. The second-order valence-corrected chi connectivity index (χ2v) is 6.59. The van der Waals surface area contributed by atoms with Crippen molar-refractivity contribution < 1.29 is 14.7 Å². The molecule has 1 rings (SSSR count). The summed E-state index contributed by atoms with van der Waals surface area (Å²) in [5, 5.41) is 11.5. The lowest BCUT2D eigenvalue weighted by atomic mass is 10.0. The Labute approximate surface area is 113 Å². The quantitative estimate of drug-likeness (QED) is 0.667. The summed E-state index contributed by atoms with van der Waals surface area (Å²) in [7, 11) is 0. The van der Waals surface area contributed by atoms with Gasteiger partial charge in [-0.2, -0.15) is 0 Å². The first-order chi connectivity index (χ1) is 8.54. The van der Waals surface area contributed by atoms with Gasteiger partial charge >= 0.3 is 5.97 Å². The predicted molar refractivity (Wildman–Crippen MR) is 73.8 cm³/mol. The van der Waals surface area contributed by atoms with Crippen molar-refractivity contribution in [2.24, 2.45) is 0 Å². The Morgan fingerprint density at radius 3 is 2.61 bits per heavy atom. The van der Waals surface area contributed by atoms with Crippen molar-refractivity contribution >= 4 is 23.6 Å². The minimum atomic E-state index is -0.727. The fraction of sp³-hybridized carbons (Fsp3) is 0.846. The average Bonchev–Trinajstić information content (AvgIpc) is 2.75. The zero-order chi connectivity index (χ0) is 13.4. The third kappa shape index (κ3) is 5.29. The van der Waals surface area contributed by atoms with Crippen molar-refractivity contribution in [3.8, 4) is 0 Å². The van der Waals surface area contributed by atoms with Crippen LogP contribution in [0.15, 0.2) is 0 Å². The molecule has 1 amide bonds. The van der Waals surface area contributed by atoms with E-state index in [0.29, 0.717) is 6.54 Å². The zero-order valence-electron chi connectivity index (χ0n) is 11.0. The lowest BCUT2D eigenvalue weighted by molar-refractivity contribution is -0.137. The fourth-order valence-corrected chi connectivity index (χ4v) is 3.33. The van der Waals surface area contributed by atoms with E-state index in [-0.39, 0.29) is 17.1 Å². The summed E-state index contributed by atoms with van der Waals surface area (Å²) in [5.74, 6) is 0.518. The number of nitrogens with one attached hydrogen (secondary N) is 1. The maximum absolute atomic E-state index is 11.9. The predicted octanol–water partition coefficient (Wildman–Crippen LogP) is 2.42. The van der Waals surface area contributed by atoms with Gasteiger partial charge in [0.05, 0.1) is 4.75 Å². The first-order valence-corrected chi connectivity index (χ1v) is 7.67. The van der Waals surface area contributed by atoms with Crippen LogP contribution >= 0.6 is 11.8 Å². The molecule has 4 nitrogen and oxygen atoms in total. The van der Waals surface area contributed by atoms with Gasteiger partial charge in [-0.3, -0.25) is 9.59 Å². The van der Waals surface area contributed by atoms with Crippen LogP contribution in [-0.2, 0) is 9.59 Å². The van der Waals surface area contributed by atoms with Gasteiger partial charge in [-0.25, -0.2) is 0 Å². The molecule has 0 aromatic rings. The molecule has 2 N–H and O–H groups in total. The third-order valence-electron chi connectivity index (χ3n) is 3.30. The zero-order valence-corrected chi connectivity index (χ0v) is 11.9. The number of amides is 1. The van der Waals surface area contributed by atoms with E-state index in [1.165, 1.54) is 0 Å². The van der Waals surface area contributed by atoms with Gasteiger partial charge in [0.15, 0.2) is 0 Å². The number of rotatable bonds is 8. The number of hydrogen-bond acceptors (Lipinski definition) is 3. The van der Waals surface area contributed by atoms with Crippen LogP contribution in [0.1, 0.15) is 51.9 Å². The number of carboxylic acid groups (broad SMARTS) is 1. The Balaban J connectivity index is 2.00. The lowest BCUT2D eigenvalue weighted by Crippen LogP contribution is -2.40. The maximum Gasteiger partial charge on any atom is 0.303 e. The molecule has 1 heterocycles. The summed E-state index contributed by atoms with van der Waals surface area (Å²) in [6.45, 7) is 2.73. The van der Waals surface area contributed by atoms with Crippen molar-refractivity contribution in [2.45, 2.75) is 56.6 Å². The normalized spacial score (nSPS) is 22.9. The molecule has 0 spiro atoms. The van der Waals surface area contributed by atoms with Gasteiger partial charge in [-0.15, -0.1) is 11.8 Å². The molecule has 1 aliphatic rings. The summed E-state index contributed by atoms with van der Waals surface area (Å²) in [4.78, 5) is 22.2. The molecule has 1 atom stereocenters. The summed E-state index contributed by atoms with van der Waals surface area (Å²) in [5.41, 5.74) is 0. The summed E-state index contributed by atoms with van der Waals surface area (Å²) < 4.78 is -0.219. The molecule has 104 valence electrons. The largest absolute Gasteiger partial charge is 0.481 e. The molecular formula is C13H23NO3S. The molecule has 0 radical (unpaired) electrons. The number of thioether (sulfide) groups is 1. The highest BCUT2D eigenvalue weighted by Gasteiger charge is 2.36. The highest BCUT2D eigenvalue weighted by atomic mass is 32.2. The van der Waals surface area contributed by atoms with E-state index in [1.807, 2.05) is 6.92 Å². The van der Waals surface area contributed by atoms with Crippen LogP contribution < -0.4 is 5.32 Å². The molecular weight excluding hydrogens is 250 g/mol. The van der Waals surface area contributed by atoms with Gasteiger partial charge in [0.1, 0.15) is 0 Å². The minimum Gasteiger partial charge on any atom is -0.481 e. The summed E-state index contributed by atoms with van der Waals surface area (Å²) >= 11 is 1.75. The number of aliphatic carboxylic acids is 1. The first kappa shape index (κ1) is 15.3. The van der Waals surface area contributed by atoms with Crippen LogP contribution in [0.4, 0.5) is 0 Å². The van der Waals surface area contributed by atoms with Gasteiger partial charge in [-0.1, -0.05) is 12.8 Å². The Morgan fingerprint density at radius 2 is 2.00 bits per heavy atom. The number of carboxylic acids is 1. The van der Waals surface area contributed by atoms with Crippen LogP contribution in [0.3, 0.4) is 0 Å². The van der Waals surface area contributed by atoms with E-state index >= 15 is 0 Å². The van der Waals surface area contributed by atoms with Crippen LogP contribution in [0.2, 0.25) is 0 Å². The molecule has 0 bridgehead atoms. The Hall–Kier alpha value is -0.710. The third-order valence-corrected chi connectivity index (χ3v) is 4.82. The molecule has 0 saturated carbocycles. The maximum atomic E-state index is 11.9. The summed E-state index contributed by atoms with van der Waals surface area (Å²) in [6, 6.07) is 0. The van der Waals surface area contributed by atoms with Crippen LogP contribution in [0.5, 0.6) is 0 Å². The second kappa shape index (κ2) is 7.67. The Morgan fingerprint density at radius 1 is 1.28 bits per heavy atom. The molecule has 5 heteroatoms. The summed E-state index contributed by atoms with van der Waals surface area (Å²) in [6.07, 6.45) is 5.93. The number of carbonyl (C=O) groups is 2. The van der Waals surface area contributed by atoms with Crippen molar-refractivity contribution in [1.29, 1.82) is 0 Å². The van der Waals surface area contributed by atoms with Crippen LogP contribution in [0.25, 0.3) is 0 Å². The van der Waals surface area contributed by atoms with E-state index in [4.69, 9.17) is 5.11 Å². The van der Waals surface area contributed by atoms with Crippen LogP contribution in [0, 0.1) is 0 Å². The lowest BCUT2D eigenvalue weighted by Gasteiger charge is -2.21. The van der Waals surface area contributed by atoms with Crippen molar-refractivity contribution in [1.82, 2.24) is 5.32 Å². The monoisotopic (exact) mass is 273 g/mol. The Kier molecular flexibility index (Phi) is 6.54. The van der Waals surface area contributed by atoms with E-state index < -0.39 is 5.97 Å². The van der Waals surface area contributed by atoms with Gasteiger partial charge in [0.25, 0.3) is 0 Å². The highest BCUT2D eigenvalue weighted by molar-refractivity contribution is 8.01. The number of hydrogen-bond donors (Lipinski definition) is 2. The molecule has 1 saturated heterocycles. The van der Waals surface area contributed by atoms with Crippen molar-refractivity contribution in [2.75, 3.05) is 12.3 Å². The molecule has 18 heavy (non-hydrogen) atoms. The standard InChI is InChI=1S/C13H23NO3S/c1-13(8-6-10-18-13)12(17)14-9-5-3-2-4-7-11(15)16/h2-10H2,1H3,(H,14,17)(H,15,16). The minimum absolute atomic E-state index is 0.163. The smallest absolute Gasteiger partial charge is 0.303 e. The fourth-order valence-electron chi connectivity index (χ4n) is 2.10. The van der Waals surface area contributed by atoms with Gasteiger partial charge in [0, 0.05) is 13.0 Å². The van der Waals surface area contributed by atoms with E-state index in [2.05, 4.69) is 5.32 Å². The number of carbonyl (C=O) groups excluding carboxylic acids is 1. The van der Waals surface area contributed by atoms with Crippen molar-refractivity contribution in [3.05, 3.63) is 0 Å². The molecule has 0 aromatic heterocycles. The topological polar surface area (TPSA) is 66.4 Å². The molecule has 0 aliphatic carbocycles. The van der Waals surface area contributed by atoms with E-state index in [1.54, 1.807) is 11.8 Å². The second-order valence-electron chi connectivity index (χ2n) is 5.00. The van der Waals surface area contributed by atoms with Gasteiger partial charge in [0.2, 0.25) is 5.91 Å². The highest BCUT2D eigenvalue weighted by Crippen LogP contribution is 2.37. The van der Waals surface area contributed by atoms with E-state index in [9.17, 15) is 9.59 Å². The van der Waals surface area contributed by atoms with Crippen LogP contribution in [-0.4, -0.2) is 34.0 Å². The van der Waals surface area contributed by atoms with E-state index in [0.717, 1.165) is 44.3 Å².